The summed E-state index contributed by atoms with van der Waals surface area (Å²) in [6.07, 6.45) is 0. The van der Waals surface area contributed by atoms with Crippen LogP contribution in [0.25, 0.3) is 0 Å². The Morgan fingerprint density at radius 3 is 2.62 bits per heavy atom. The summed E-state index contributed by atoms with van der Waals surface area (Å²) in [5.74, 6) is -0.552. The van der Waals surface area contributed by atoms with Gasteiger partial charge in [0, 0.05) is 12.2 Å². The molecular formula is C15H21ClN2O3. The van der Waals surface area contributed by atoms with Gasteiger partial charge in [-0.15, -0.1) is 0 Å². The molecular weight excluding hydrogens is 292 g/mol. The van der Waals surface area contributed by atoms with Crippen molar-refractivity contribution in [2.45, 2.75) is 20.8 Å². The highest BCUT2D eigenvalue weighted by molar-refractivity contribution is 6.34. The van der Waals surface area contributed by atoms with E-state index in [9.17, 15) is 9.59 Å². The smallest absolute Gasteiger partial charge is 0.325 e. The predicted octanol–water partition coefficient (Wildman–Crippen LogP) is 2.58. The molecule has 2 N–H and O–H groups in total. The van der Waals surface area contributed by atoms with Gasteiger partial charge >= 0.3 is 5.97 Å². The maximum atomic E-state index is 12.6. The normalized spacial score (nSPS) is 10.5. The number of anilines is 1. The van der Waals surface area contributed by atoms with E-state index in [-0.39, 0.29) is 25.0 Å². The van der Waals surface area contributed by atoms with Crippen molar-refractivity contribution in [3.05, 3.63) is 28.8 Å². The average Bonchev–Trinajstić information content (AvgIpc) is 2.39. The van der Waals surface area contributed by atoms with Crippen molar-refractivity contribution in [3.8, 4) is 0 Å². The van der Waals surface area contributed by atoms with Gasteiger partial charge in [-0.1, -0.05) is 25.4 Å². The molecule has 5 nitrogen and oxygen atoms in total. The van der Waals surface area contributed by atoms with E-state index < -0.39 is 5.97 Å². The molecule has 0 bridgehead atoms. The monoisotopic (exact) mass is 312 g/mol. The number of ether oxygens (including phenoxy) is 1. The van der Waals surface area contributed by atoms with E-state index in [4.69, 9.17) is 22.1 Å². The van der Waals surface area contributed by atoms with Gasteiger partial charge in [0.2, 0.25) is 0 Å². The van der Waals surface area contributed by atoms with Crippen molar-refractivity contribution in [3.63, 3.8) is 0 Å². The summed E-state index contributed by atoms with van der Waals surface area (Å²) in [6, 6.07) is 4.71. The van der Waals surface area contributed by atoms with E-state index in [1.165, 1.54) is 11.0 Å². The van der Waals surface area contributed by atoms with Crippen LogP contribution >= 0.6 is 11.6 Å². The minimum atomic E-state index is -0.438. The summed E-state index contributed by atoms with van der Waals surface area (Å²) >= 11 is 6.05. The molecule has 0 atom stereocenters. The van der Waals surface area contributed by atoms with Gasteiger partial charge in [-0.2, -0.15) is 0 Å². The molecule has 0 aliphatic carbocycles. The molecule has 0 heterocycles. The van der Waals surface area contributed by atoms with Gasteiger partial charge in [0.1, 0.15) is 6.54 Å². The predicted molar refractivity (Wildman–Crippen MR) is 83.2 cm³/mol. The number of nitrogens with two attached hydrogens (primary N) is 1. The van der Waals surface area contributed by atoms with Crippen molar-refractivity contribution in [2.24, 2.45) is 5.92 Å². The zero-order chi connectivity index (χ0) is 16.0. The van der Waals surface area contributed by atoms with Crippen molar-refractivity contribution < 1.29 is 14.3 Å². The second-order valence-electron chi connectivity index (χ2n) is 5.12. The third-order valence-corrected chi connectivity index (χ3v) is 3.05. The number of benzene rings is 1. The number of amides is 1. The van der Waals surface area contributed by atoms with Crippen LogP contribution in [0.1, 0.15) is 31.1 Å². The summed E-state index contributed by atoms with van der Waals surface area (Å²) in [4.78, 5) is 25.7. The second kappa shape index (κ2) is 7.88. The van der Waals surface area contributed by atoms with Gasteiger partial charge in [-0.25, -0.2) is 0 Å². The Morgan fingerprint density at radius 1 is 1.38 bits per heavy atom. The Balaban J connectivity index is 2.98. The SMILES string of the molecule is CCOC(=O)CN(CC(C)C)C(=O)c1cc(N)ccc1Cl. The molecule has 0 aromatic heterocycles. The Kier molecular flexibility index (Phi) is 6.49. The number of hydrogen-bond donors (Lipinski definition) is 1. The van der Waals surface area contributed by atoms with Gasteiger partial charge in [-0.05, 0) is 31.0 Å². The third kappa shape index (κ3) is 5.27. The standard InChI is InChI=1S/C15H21ClN2O3/c1-4-21-14(19)9-18(8-10(2)3)15(20)12-7-11(17)5-6-13(12)16/h5-7,10H,4,8-9,17H2,1-3H3. The summed E-state index contributed by atoms with van der Waals surface area (Å²) < 4.78 is 4.90. The van der Waals surface area contributed by atoms with Crippen LogP contribution in [0.5, 0.6) is 0 Å². The fourth-order valence-corrected chi connectivity index (χ4v) is 2.10. The van der Waals surface area contributed by atoms with Gasteiger partial charge in [0.15, 0.2) is 0 Å². The molecule has 116 valence electrons. The molecule has 0 fully saturated rings. The largest absolute Gasteiger partial charge is 0.465 e. The summed E-state index contributed by atoms with van der Waals surface area (Å²) in [6.45, 7) is 6.26. The zero-order valence-corrected chi connectivity index (χ0v) is 13.3. The number of esters is 1. The van der Waals surface area contributed by atoms with Crippen LogP contribution in [0.15, 0.2) is 18.2 Å². The molecule has 0 saturated heterocycles. The fraction of sp³-hybridized carbons (Fsp3) is 0.467. The van der Waals surface area contributed by atoms with E-state index in [0.29, 0.717) is 22.8 Å². The quantitative estimate of drug-likeness (QED) is 0.647. The number of hydrogen-bond acceptors (Lipinski definition) is 4. The molecule has 1 aromatic rings. The lowest BCUT2D eigenvalue weighted by Gasteiger charge is -2.24. The maximum absolute atomic E-state index is 12.6. The van der Waals surface area contributed by atoms with Crippen molar-refractivity contribution >= 4 is 29.2 Å². The number of carbonyl (C=O) groups is 2. The van der Waals surface area contributed by atoms with Gasteiger partial charge in [-0.3, -0.25) is 9.59 Å². The molecule has 0 radical (unpaired) electrons. The molecule has 0 aliphatic rings. The van der Waals surface area contributed by atoms with Crippen molar-refractivity contribution in [1.29, 1.82) is 0 Å². The first-order valence-corrected chi connectivity index (χ1v) is 7.22. The number of halogens is 1. The van der Waals surface area contributed by atoms with E-state index in [1.807, 2.05) is 13.8 Å². The summed E-state index contributed by atoms with van der Waals surface area (Å²) in [5.41, 5.74) is 6.44. The molecule has 0 aliphatic heterocycles. The van der Waals surface area contributed by atoms with Gasteiger partial charge in [0.05, 0.1) is 17.2 Å². The highest BCUT2D eigenvalue weighted by atomic mass is 35.5. The maximum Gasteiger partial charge on any atom is 0.325 e. The lowest BCUT2D eigenvalue weighted by molar-refractivity contribution is -0.143. The van der Waals surface area contributed by atoms with Gasteiger partial charge in [0.25, 0.3) is 5.91 Å². The molecule has 1 rings (SSSR count). The highest BCUT2D eigenvalue weighted by Gasteiger charge is 2.22. The minimum absolute atomic E-state index is 0.101. The average molecular weight is 313 g/mol. The Bertz CT molecular complexity index is 518. The molecule has 0 unspecified atom stereocenters. The van der Waals surface area contributed by atoms with Crippen LogP contribution in [0.2, 0.25) is 5.02 Å². The first-order chi connectivity index (χ1) is 9.85. The van der Waals surface area contributed by atoms with E-state index in [0.717, 1.165) is 0 Å². The first kappa shape index (κ1) is 17.3. The fourth-order valence-electron chi connectivity index (χ4n) is 1.90. The highest BCUT2D eigenvalue weighted by Crippen LogP contribution is 2.21. The minimum Gasteiger partial charge on any atom is -0.465 e. The number of rotatable bonds is 6. The molecule has 0 spiro atoms. The Morgan fingerprint density at radius 2 is 2.05 bits per heavy atom. The van der Waals surface area contributed by atoms with E-state index >= 15 is 0 Å². The van der Waals surface area contributed by atoms with Crippen LogP contribution in [0.3, 0.4) is 0 Å². The van der Waals surface area contributed by atoms with Crippen LogP contribution in [0.4, 0.5) is 5.69 Å². The topological polar surface area (TPSA) is 72.6 Å². The van der Waals surface area contributed by atoms with Crippen LogP contribution in [-0.2, 0) is 9.53 Å². The molecule has 21 heavy (non-hydrogen) atoms. The summed E-state index contributed by atoms with van der Waals surface area (Å²) in [7, 11) is 0. The summed E-state index contributed by atoms with van der Waals surface area (Å²) in [5, 5.41) is 0.312. The van der Waals surface area contributed by atoms with Crippen LogP contribution < -0.4 is 5.73 Å². The van der Waals surface area contributed by atoms with Crippen molar-refractivity contribution in [2.75, 3.05) is 25.4 Å². The third-order valence-electron chi connectivity index (χ3n) is 2.72. The lowest BCUT2D eigenvalue weighted by Crippen LogP contribution is -2.39. The van der Waals surface area contributed by atoms with Crippen molar-refractivity contribution in [1.82, 2.24) is 4.90 Å². The van der Waals surface area contributed by atoms with Gasteiger partial charge < -0.3 is 15.4 Å². The zero-order valence-electron chi connectivity index (χ0n) is 12.6. The Hall–Kier alpha value is -1.75. The lowest BCUT2D eigenvalue weighted by atomic mass is 10.1. The second-order valence-corrected chi connectivity index (χ2v) is 5.53. The first-order valence-electron chi connectivity index (χ1n) is 6.85. The number of nitrogen functional groups attached to an aromatic ring is 1. The van der Waals surface area contributed by atoms with E-state index in [2.05, 4.69) is 0 Å². The number of nitrogens with zero attached hydrogens (tertiary/aromatic N) is 1. The molecule has 0 saturated carbocycles. The van der Waals surface area contributed by atoms with Crippen LogP contribution in [0, 0.1) is 5.92 Å². The molecule has 6 heteroatoms. The van der Waals surface area contributed by atoms with E-state index in [1.54, 1.807) is 19.1 Å². The molecule has 1 amide bonds. The number of carbonyl (C=O) groups excluding carboxylic acids is 2. The van der Waals surface area contributed by atoms with Crippen LogP contribution in [-0.4, -0.2) is 36.5 Å². The Labute approximate surface area is 130 Å². The molecule has 1 aromatic carbocycles.